The summed E-state index contributed by atoms with van der Waals surface area (Å²) in [5.74, 6) is 0. The van der Waals surface area contributed by atoms with Crippen molar-refractivity contribution in [3.05, 3.63) is 103 Å². The van der Waals surface area contributed by atoms with E-state index in [1.165, 1.54) is 11.1 Å². The smallest absolute Gasteiger partial charge is 0.113 e. The van der Waals surface area contributed by atoms with Crippen molar-refractivity contribution in [2.45, 2.75) is 0 Å². The molecular weight excluding hydrogens is 330 g/mol. The number of hydrogen-bond donors (Lipinski definition) is 0. The molecule has 0 saturated heterocycles. The first-order valence-electron chi connectivity index (χ1n) is 8.95. The van der Waals surface area contributed by atoms with Crippen LogP contribution in [0.2, 0.25) is 0 Å². The highest BCUT2D eigenvalue weighted by Crippen LogP contribution is 2.29. The number of aromatic nitrogens is 3. The zero-order chi connectivity index (χ0) is 18.1. The average Bonchev–Trinajstić information content (AvgIpc) is 3.19. The Hall–Kier alpha value is -3.72. The quantitative estimate of drug-likeness (QED) is 0.416. The zero-order valence-electron chi connectivity index (χ0n) is 14.7. The van der Waals surface area contributed by atoms with Crippen LogP contribution >= 0.6 is 0 Å². The van der Waals surface area contributed by atoms with E-state index in [-0.39, 0.29) is 0 Å². The van der Waals surface area contributed by atoms with Crippen LogP contribution in [-0.4, -0.2) is 15.0 Å². The summed E-state index contributed by atoms with van der Waals surface area (Å²) in [6, 6.07) is 35.2. The Morgan fingerprint density at radius 2 is 0.889 bits per heavy atom. The largest absolute Gasteiger partial charge is 0.150 e. The molecule has 3 heteroatoms. The van der Waals surface area contributed by atoms with E-state index in [0.29, 0.717) is 0 Å². The Labute approximate surface area is 157 Å². The number of hydrogen-bond acceptors (Lipinski definition) is 2. The standard InChI is InChI=1S/C24H17N3/c1-3-9-18(10-4-1)20-15-21(19-11-5-2-6-12-19)17-22(16-20)27-25-23-13-7-8-14-24(23)26-27/h1-17H. The van der Waals surface area contributed by atoms with Gasteiger partial charge in [0, 0.05) is 0 Å². The van der Waals surface area contributed by atoms with E-state index in [2.05, 4.69) is 76.9 Å². The first-order valence-corrected chi connectivity index (χ1v) is 8.95. The molecule has 0 amide bonds. The van der Waals surface area contributed by atoms with Gasteiger partial charge in [0.1, 0.15) is 11.0 Å². The SMILES string of the molecule is c1ccc(-c2cc(-c3ccccc3)cc(-n3nc4ccccc4n3)c2)cc1. The van der Waals surface area contributed by atoms with Crippen LogP contribution in [0.3, 0.4) is 0 Å². The summed E-state index contributed by atoms with van der Waals surface area (Å²) in [5.41, 5.74) is 7.38. The highest BCUT2D eigenvalue weighted by molar-refractivity contribution is 5.77. The van der Waals surface area contributed by atoms with Gasteiger partial charge in [-0.3, -0.25) is 0 Å². The minimum atomic E-state index is 0.892. The molecular formula is C24H17N3. The number of fused-ring (bicyclic) bond motifs is 1. The van der Waals surface area contributed by atoms with E-state index >= 15 is 0 Å². The molecule has 0 aliphatic rings. The van der Waals surface area contributed by atoms with Crippen molar-refractivity contribution in [3.63, 3.8) is 0 Å². The van der Waals surface area contributed by atoms with Gasteiger partial charge in [0.05, 0.1) is 5.69 Å². The fourth-order valence-corrected chi connectivity index (χ4v) is 3.30. The molecule has 0 unspecified atom stereocenters. The van der Waals surface area contributed by atoms with Crippen LogP contribution in [0.4, 0.5) is 0 Å². The molecule has 0 N–H and O–H groups in total. The molecule has 0 spiro atoms. The Balaban J connectivity index is 1.72. The summed E-state index contributed by atoms with van der Waals surface area (Å²) in [6.45, 7) is 0. The van der Waals surface area contributed by atoms with Crippen LogP contribution in [0.1, 0.15) is 0 Å². The molecule has 0 atom stereocenters. The zero-order valence-corrected chi connectivity index (χ0v) is 14.7. The lowest BCUT2D eigenvalue weighted by Gasteiger charge is -2.10. The van der Waals surface area contributed by atoms with Gasteiger partial charge in [0.25, 0.3) is 0 Å². The fourth-order valence-electron chi connectivity index (χ4n) is 3.30. The maximum absolute atomic E-state index is 4.66. The topological polar surface area (TPSA) is 30.7 Å². The molecule has 0 fully saturated rings. The van der Waals surface area contributed by atoms with E-state index < -0.39 is 0 Å². The summed E-state index contributed by atoms with van der Waals surface area (Å²) in [5, 5.41) is 9.32. The highest BCUT2D eigenvalue weighted by Gasteiger charge is 2.09. The van der Waals surface area contributed by atoms with Crippen LogP contribution in [0.25, 0.3) is 39.0 Å². The normalized spacial score (nSPS) is 11.0. The Morgan fingerprint density at radius 1 is 0.444 bits per heavy atom. The van der Waals surface area contributed by atoms with Crippen molar-refractivity contribution in [1.29, 1.82) is 0 Å². The summed E-state index contributed by atoms with van der Waals surface area (Å²) in [6.07, 6.45) is 0. The van der Waals surface area contributed by atoms with Crippen molar-refractivity contribution in [2.75, 3.05) is 0 Å². The van der Waals surface area contributed by atoms with Crippen molar-refractivity contribution in [3.8, 4) is 27.9 Å². The van der Waals surface area contributed by atoms with Crippen molar-refractivity contribution >= 4 is 11.0 Å². The second-order valence-corrected chi connectivity index (χ2v) is 6.48. The van der Waals surface area contributed by atoms with Gasteiger partial charge >= 0.3 is 0 Å². The van der Waals surface area contributed by atoms with Crippen LogP contribution in [-0.2, 0) is 0 Å². The predicted molar refractivity (Wildman–Crippen MR) is 110 cm³/mol. The molecule has 0 bridgehead atoms. The Morgan fingerprint density at radius 3 is 1.37 bits per heavy atom. The van der Waals surface area contributed by atoms with Gasteiger partial charge in [-0.25, -0.2) is 0 Å². The van der Waals surface area contributed by atoms with Crippen LogP contribution < -0.4 is 0 Å². The lowest BCUT2D eigenvalue weighted by Crippen LogP contribution is -1.99. The molecule has 5 aromatic rings. The molecule has 1 heterocycles. The van der Waals surface area contributed by atoms with E-state index in [4.69, 9.17) is 0 Å². The van der Waals surface area contributed by atoms with E-state index in [1.54, 1.807) is 4.80 Å². The molecule has 128 valence electrons. The predicted octanol–water partition coefficient (Wildman–Crippen LogP) is 5.75. The lowest BCUT2D eigenvalue weighted by molar-refractivity contribution is 0.766. The number of rotatable bonds is 3. The molecule has 0 aliphatic carbocycles. The number of nitrogens with zero attached hydrogens (tertiary/aromatic N) is 3. The van der Waals surface area contributed by atoms with Crippen molar-refractivity contribution in [1.82, 2.24) is 15.0 Å². The van der Waals surface area contributed by atoms with Crippen molar-refractivity contribution in [2.24, 2.45) is 0 Å². The Kier molecular flexibility index (Phi) is 3.76. The molecule has 0 saturated carbocycles. The summed E-state index contributed by atoms with van der Waals surface area (Å²) in [7, 11) is 0. The first kappa shape index (κ1) is 15.5. The second kappa shape index (κ2) is 6.54. The minimum absolute atomic E-state index is 0.892. The van der Waals surface area contributed by atoms with Crippen LogP contribution in [0.15, 0.2) is 103 Å². The summed E-state index contributed by atoms with van der Waals surface area (Å²) >= 11 is 0. The van der Waals surface area contributed by atoms with Gasteiger partial charge in [0.2, 0.25) is 0 Å². The second-order valence-electron chi connectivity index (χ2n) is 6.48. The average molecular weight is 347 g/mol. The maximum atomic E-state index is 4.66. The minimum Gasteiger partial charge on any atom is -0.150 e. The third kappa shape index (κ3) is 3.00. The molecule has 27 heavy (non-hydrogen) atoms. The van der Waals surface area contributed by atoms with Crippen molar-refractivity contribution < 1.29 is 0 Å². The molecule has 5 rings (SSSR count). The lowest BCUT2D eigenvalue weighted by atomic mass is 9.98. The van der Waals surface area contributed by atoms with Crippen LogP contribution in [0.5, 0.6) is 0 Å². The number of benzene rings is 4. The molecule has 3 nitrogen and oxygen atoms in total. The molecule has 1 aromatic heterocycles. The molecule has 0 aliphatic heterocycles. The Bertz CT molecular complexity index is 1120. The first-order chi connectivity index (χ1) is 13.4. The van der Waals surface area contributed by atoms with E-state index in [1.807, 2.05) is 36.4 Å². The van der Waals surface area contributed by atoms with Crippen LogP contribution in [0, 0.1) is 0 Å². The maximum Gasteiger partial charge on any atom is 0.113 e. The highest BCUT2D eigenvalue weighted by atomic mass is 15.5. The van der Waals surface area contributed by atoms with Gasteiger partial charge in [-0.2, -0.15) is 4.80 Å². The van der Waals surface area contributed by atoms with Gasteiger partial charge in [-0.15, -0.1) is 10.2 Å². The monoisotopic (exact) mass is 347 g/mol. The summed E-state index contributed by atoms with van der Waals surface area (Å²) in [4.78, 5) is 1.73. The fraction of sp³-hybridized carbons (Fsp3) is 0. The van der Waals surface area contributed by atoms with Gasteiger partial charge in [0.15, 0.2) is 0 Å². The van der Waals surface area contributed by atoms with Gasteiger partial charge in [-0.1, -0.05) is 72.8 Å². The molecule has 0 radical (unpaired) electrons. The van der Waals surface area contributed by atoms with Gasteiger partial charge < -0.3 is 0 Å². The summed E-state index contributed by atoms with van der Waals surface area (Å²) < 4.78 is 0. The van der Waals surface area contributed by atoms with E-state index in [9.17, 15) is 0 Å². The third-order valence-electron chi connectivity index (χ3n) is 4.65. The third-order valence-corrected chi connectivity index (χ3v) is 4.65. The van der Waals surface area contributed by atoms with E-state index in [0.717, 1.165) is 27.8 Å². The van der Waals surface area contributed by atoms with Gasteiger partial charge in [-0.05, 0) is 52.6 Å². The molecule has 4 aromatic carbocycles.